The highest BCUT2D eigenvalue weighted by Crippen LogP contribution is 2.46. The minimum Gasteiger partial charge on any atom is -0.487 e. The van der Waals surface area contributed by atoms with Crippen molar-refractivity contribution in [3.05, 3.63) is 66.0 Å². The Morgan fingerprint density at radius 1 is 0.932 bits per heavy atom. The molecule has 2 aromatic rings. The van der Waals surface area contributed by atoms with Crippen LogP contribution in [0.1, 0.15) is 79.9 Å². The minimum atomic E-state index is -5.27. The normalized spacial score (nSPS) is 14.5. The predicted octanol–water partition coefficient (Wildman–Crippen LogP) is 7.57. The standard InChI is InChI=1S/C39H52F4N4O11S/c1-11-19-54-33(49)44-59(52,53)46(23-30(48)56-36(2,3)4)32-29(55-24-25-15-13-12-14-16-25)21-28-27(31(32)40)20-26(47(28)35(51)58-38(8,9)10)22-45(18-17-39(41,42)43)34(50)57-37(5,6)7/h11-16,21,26H,1,17-20,22-24H2,2-10H3,(H,44,49)/t26-/m1/s1. The molecule has 1 aliphatic rings. The average Bonchev–Trinajstić information content (AvgIpc) is 3.43. The quantitative estimate of drug-likeness (QED) is 0.0861. The van der Waals surface area contributed by atoms with Gasteiger partial charge in [-0.25, -0.2) is 27.8 Å². The van der Waals surface area contributed by atoms with E-state index < -0.39 is 120 Å². The van der Waals surface area contributed by atoms with Crippen molar-refractivity contribution in [2.75, 3.05) is 35.4 Å². The van der Waals surface area contributed by atoms with Crippen LogP contribution in [0.25, 0.3) is 0 Å². The summed E-state index contributed by atoms with van der Waals surface area (Å²) in [6.45, 7) is 13.5. The van der Waals surface area contributed by atoms with Crippen molar-refractivity contribution in [1.82, 2.24) is 9.62 Å². The molecule has 2 aromatic carbocycles. The van der Waals surface area contributed by atoms with Crippen LogP contribution >= 0.6 is 0 Å². The number of esters is 1. The summed E-state index contributed by atoms with van der Waals surface area (Å²) in [5.41, 5.74) is -4.45. The molecule has 0 unspecified atom stereocenters. The van der Waals surface area contributed by atoms with E-state index in [1.807, 2.05) is 0 Å². The molecule has 0 fully saturated rings. The third-order valence-electron chi connectivity index (χ3n) is 7.70. The van der Waals surface area contributed by atoms with E-state index in [4.69, 9.17) is 23.7 Å². The number of halogens is 4. The van der Waals surface area contributed by atoms with Crippen molar-refractivity contribution < 1.29 is 68.8 Å². The summed E-state index contributed by atoms with van der Waals surface area (Å²) in [5, 5.41) is 0. The summed E-state index contributed by atoms with van der Waals surface area (Å²) in [4.78, 5) is 54.8. The predicted molar refractivity (Wildman–Crippen MR) is 209 cm³/mol. The Balaban J connectivity index is 2.34. The van der Waals surface area contributed by atoms with Gasteiger partial charge >= 0.3 is 40.6 Å². The van der Waals surface area contributed by atoms with Crippen LogP contribution < -0.4 is 18.7 Å². The maximum absolute atomic E-state index is 17.5. The molecule has 0 aromatic heterocycles. The fourth-order valence-corrected chi connectivity index (χ4v) is 6.62. The molecule has 59 heavy (non-hydrogen) atoms. The third-order valence-corrected chi connectivity index (χ3v) is 9.02. The van der Waals surface area contributed by atoms with Crippen LogP contribution in [-0.2, 0) is 47.0 Å². The lowest BCUT2D eigenvalue weighted by Crippen LogP contribution is -2.50. The second-order valence-electron chi connectivity index (χ2n) is 16.4. The number of amides is 3. The molecule has 1 N–H and O–H groups in total. The van der Waals surface area contributed by atoms with Gasteiger partial charge in [0.2, 0.25) is 0 Å². The van der Waals surface area contributed by atoms with E-state index in [2.05, 4.69) is 6.58 Å². The molecule has 0 spiro atoms. The number of ether oxygens (including phenoxy) is 5. The topological polar surface area (TPSA) is 170 Å². The molecule has 0 radical (unpaired) electrons. The first-order valence-electron chi connectivity index (χ1n) is 18.4. The van der Waals surface area contributed by atoms with Gasteiger partial charge in [0.15, 0.2) is 5.82 Å². The zero-order valence-corrected chi connectivity index (χ0v) is 35.3. The Labute approximate surface area is 341 Å². The Kier molecular flexibility index (Phi) is 15.3. The molecule has 1 heterocycles. The summed E-state index contributed by atoms with van der Waals surface area (Å²) in [6.07, 6.45) is -9.28. The lowest BCUT2D eigenvalue weighted by molar-refractivity contribution is -0.152. The van der Waals surface area contributed by atoms with Gasteiger partial charge in [-0.2, -0.15) is 21.6 Å². The average molecular weight is 861 g/mol. The summed E-state index contributed by atoms with van der Waals surface area (Å²) in [6, 6.07) is 8.12. The minimum absolute atomic E-state index is 0.202. The highest BCUT2D eigenvalue weighted by molar-refractivity contribution is 7.91. The summed E-state index contributed by atoms with van der Waals surface area (Å²) >= 11 is 0. The first kappa shape index (κ1) is 48.1. The van der Waals surface area contributed by atoms with Crippen LogP contribution in [0.5, 0.6) is 5.75 Å². The molecule has 1 atom stereocenters. The fraction of sp³-hybridized carbons (Fsp3) is 0.538. The van der Waals surface area contributed by atoms with Gasteiger partial charge in [-0.05, 0) is 67.9 Å². The molecule has 15 nitrogen and oxygen atoms in total. The van der Waals surface area contributed by atoms with Crippen LogP contribution in [0.15, 0.2) is 49.1 Å². The Morgan fingerprint density at radius 3 is 2.07 bits per heavy atom. The number of fused-ring (bicyclic) bond motifs is 1. The number of hydrogen-bond acceptors (Lipinski definition) is 11. The van der Waals surface area contributed by atoms with Gasteiger partial charge in [0.1, 0.15) is 48.0 Å². The van der Waals surface area contributed by atoms with Gasteiger partial charge < -0.3 is 28.6 Å². The van der Waals surface area contributed by atoms with Gasteiger partial charge in [0, 0.05) is 31.1 Å². The molecule has 328 valence electrons. The largest absolute Gasteiger partial charge is 0.487 e. The van der Waals surface area contributed by atoms with Crippen molar-refractivity contribution in [3.8, 4) is 5.75 Å². The van der Waals surface area contributed by atoms with Crippen molar-refractivity contribution >= 4 is 45.8 Å². The van der Waals surface area contributed by atoms with Crippen LogP contribution in [0, 0.1) is 5.82 Å². The van der Waals surface area contributed by atoms with Gasteiger partial charge in [-0.15, -0.1) is 0 Å². The van der Waals surface area contributed by atoms with Crippen molar-refractivity contribution in [1.29, 1.82) is 0 Å². The molecule has 20 heteroatoms. The number of carbonyl (C=O) groups is 4. The molecule has 3 amide bonds. The van der Waals surface area contributed by atoms with Crippen LogP contribution in [0.3, 0.4) is 0 Å². The maximum Gasteiger partial charge on any atom is 0.422 e. The molecule has 0 saturated carbocycles. The fourth-order valence-electron chi connectivity index (χ4n) is 5.56. The monoisotopic (exact) mass is 860 g/mol. The van der Waals surface area contributed by atoms with Gasteiger partial charge in [-0.3, -0.25) is 9.69 Å². The number of hydrogen-bond donors (Lipinski definition) is 1. The lowest BCUT2D eigenvalue weighted by Gasteiger charge is -2.34. The first-order chi connectivity index (χ1) is 27.0. The first-order valence-corrected chi connectivity index (χ1v) is 19.8. The zero-order chi connectivity index (χ0) is 44.7. The van der Waals surface area contributed by atoms with E-state index in [1.54, 1.807) is 35.1 Å². The van der Waals surface area contributed by atoms with E-state index in [9.17, 15) is 40.8 Å². The summed E-state index contributed by atoms with van der Waals surface area (Å²) in [7, 11) is -5.27. The maximum atomic E-state index is 17.5. The second kappa shape index (κ2) is 18.8. The van der Waals surface area contributed by atoms with E-state index in [0.717, 1.165) is 21.9 Å². The number of nitrogens with one attached hydrogen (secondary N) is 1. The van der Waals surface area contributed by atoms with E-state index >= 15 is 4.39 Å². The van der Waals surface area contributed by atoms with Crippen LogP contribution in [-0.4, -0.2) is 92.8 Å². The van der Waals surface area contributed by atoms with Crippen molar-refractivity contribution in [2.45, 2.75) is 111 Å². The lowest BCUT2D eigenvalue weighted by atomic mass is 10.1. The highest BCUT2D eigenvalue weighted by Gasteiger charge is 2.44. The molecule has 3 rings (SSSR count). The zero-order valence-electron chi connectivity index (χ0n) is 34.5. The molecule has 0 saturated heterocycles. The Morgan fingerprint density at radius 2 is 1.53 bits per heavy atom. The van der Waals surface area contributed by atoms with Gasteiger partial charge in [-0.1, -0.05) is 43.0 Å². The summed E-state index contributed by atoms with van der Waals surface area (Å²) < 4.78 is 115. The van der Waals surface area contributed by atoms with E-state index in [-0.39, 0.29) is 22.2 Å². The SMILES string of the molecule is C=CCOC(=O)NS(=O)(=O)N(CC(=O)OC(C)(C)C)c1c(OCc2ccccc2)cc2c(c1F)C[C@H](CN(CCC(F)(F)F)C(=O)OC(C)(C)C)N2C(=O)OC(C)(C)C. The van der Waals surface area contributed by atoms with E-state index in [0.29, 0.717) is 5.56 Å². The molecule has 0 bridgehead atoms. The summed E-state index contributed by atoms with van der Waals surface area (Å²) in [5.74, 6) is -3.11. The van der Waals surface area contributed by atoms with Gasteiger partial charge in [0.05, 0.1) is 18.2 Å². The number of nitrogens with zero attached hydrogens (tertiary/aromatic N) is 3. The van der Waals surface area contributed by atoms with Crippen LogP contribution in [0.4, 0.5) is 43.3 Å². The second-order valence-corrected chi connectivity index (χ2v) is 18.0. The Bertz CT molecular complexity index is 1960. The van der Waals surface area contributed by atoms with E-state index in [1.165, 1.54) is 62.3 Å². The number of rotatable bonds is 14. The molecule has 0 aliphatic carbocycles. The third kappa shape index (κ3) is 14.8. The molecular formula is C39H52F4N4O11S. The highest BCUT2D eigenvalue weighted by atomic mass is 32.2. The van der Waals surface area contributed by atoms with Crippen LogP contribution in [0.2, 0.25) is 0 Å². The number of anilines is 2. The smallest absolute Gasteiger partial charge is 0.422 e. The number of benzene rings is 2. The van der Waals surface area contributed by atoms with Crippen molar-refractivity contribution in [3.63, 3.8) is 0 Å². The molecule has 1 aliphatic heterocycles. The number of carbonyl (C=O) groups excluding carboxylic acids is 4. The van der Waals surface area contributed by atoms with Crippen molar-refractivity contribution in [2.24, 2.45) is 0 Å². The molecular weight excluding hydrogens is 809 g/mol. The Hall–Kier alpha value is -5.27. The van der Waals surface area contributed by atoms with Gasteiger partial charge in [0.25, 0.3) is 0 Å². The number of alkyl halides is 3.